The lowest BCUT2D eigenvalue weighted by atomic mass is 10.0. The van der Waals surface area contributed by atoms with Crippen molar-refractivity contribution in [3.63, 3.8) is 0 Å². The number of carboxylic acids is 1. The van der Waals surface area contributed by atoms with Crippen molar-refractivity contribution in [3.8, 4) is 0 Å². The lowest BCUT2D eigenvalue weighted by Gasteiger charge is -2.23. The van der Waals surface area contributed by atoms with Crippen LogP contribution in [0, 0.1) is 5.82 Å². The van der Waals surface area contributed by atoms with Gasteiger partial charge in [-0.05, 0) is 19.1 Å². The second-order valence-electron chi connectivity index (χ2n) is 4.81. The molecule has 0 radical (unpaired) electrons. The molecule has 1 aromatic rings. The normalized spacial score (nSPS) is 18.6. The monoisotopic (exact) mass is 294 g/mol. The third-order valence-electron chi connectivity index (χ3n) is 3.39. The summed E-state index contributed by atoms with van der Waals surface area (Å²) < 4.78 is 13.2. The number of hydrogen-bond acceptors (Lipinski definition) is 4. The number of hydrogen-bond donors (Lipinski definition) is 1. The summed E-state index contributed by atoms with van der Waals surface area (Å²) in [4.78, 5) is 29.2. The number of oxime groups is 1. The average molecular weight is 294 g/mol. The predicted molar refractivity (Wildman–Crippen MR) is 72.3 cm³/mol. The van der Waals surface area contributed by atoms with Crippen molar-refractivity contribution in [1.82, 2.24) is 4.90 Å². The summed E-state index contributed by atoms with van der Waals surface area (Å²) in [6, 6.07) is 4.87. The molecule has 1 aliphatic rings. The van der Waals surface area contributed by atoms with Gasteiger partial charge in [0, 0.05) is 19.0 Å². The number of rotatable bonds is 4. The van der Waals surface area contributed by atoms with E-state index in [1.807, 2.05) is 0 Å². The molecule has 0 aliphatic carbocycles. The molecule has 1 aromatic carbocycles. The van der Waals surface area contributed by atoms with Crippen LogP contribution in [0.1, 0.15) is 18.9 Å². The quantitative estimate of drug-likeness (QED) is 0.906. The van der Waals surface area contributed by atoms with E-state index in [-0.39, 0.29) is 6.42 Å². The number of carboxylic acid groups (broad SMARTS) is 1. The second kappa shape index (κ2) is 5.90. The minimum absolute atomic E-state index is 0.180. The zero-order valence-electron chi connectivity index (χ0n) is 11.6. The van der Waals surface area contributed by atoms with Crippen molar-refractivity contribution in [3.05, 3.63) is 35.6 Å². The Labute approximate surface area is 120 Å². The van der Waals surface area contributed by atoms with Crippen LogP contribution < -0.4 is 0 Å². The highest BCUT2D eigenvalue weighted by molar-refractivity contribution is 6.04. The van der Waals surface area contributed by atoms with E-state index in [4.69, 9.17) is 9.94 Å². The van der Waals surface area contributed by atoms with Gasteiger partial charge in [-0.15, -0.1) is 0 Å². The summed E-state index contributed by atoms with van der Waals surface area (Å²) in [6.07, 6.45) is -0.700. The fourth-order valence-electron chi connectivity index (χ4n) is 1.93. The molecule has 0 spiro atoms. The van der Waals surface area contributed by atoms with Gasteiger partial charge in [-0.3, -0.25) is 4.79 Å². The molecule has 112 valence electrons. The first kappa shape index (κ1) is 15.0. The van der Waals surface area contributed by atoms with Crippen molar-refractivity contribution < 1.29 is 23.9 Å². The standard InChI is InChI=1S/C14H15FN2O4/c1-8(14(19)20)17(2)13(18)12-7-11(16-21-12)9-4-3-5-10(15)6-9/h3-6,8,12H,7H2,1-2H3,(H,19,20). The van der Waals surface area contributed by atoms with Gasteiger partial charge in [0.2, 0.25) is 6.10 Å². The highest BCUT2D eigenvalue weighted by atomic mass is 19.1. The maximum atomic E-state index is 13.2. The van der Waals surface area contributed by atoms with Crippen molar-refractivity contribution in [2.75, 3.05) is 7.05 Å². The zero-order chi connectivity index (χ0) is 15.6. The lowest BCUT2D eigenvalue weighted by molar-refractivity contribution is -0.152. The first-order valence-electron chi connectivity index (χ1n) is 6.38. The first-order chi connectivity index (χ1) is 9.90. The number of nitrogens with zero attached hydrogens (tertiary/aromatic N) is 2. The van der Waals surface area contributed by atoms with Gasteiger partial charge in [0.25, 0.3) is 5.91 Å². The van der Waals surface area contributed by atoms with E-state index in [0.717, 1.165) is 4.90 Å². The molecule has 0 bridgehead atoms. The minimum Gasteiger partial charge on any atom is -0.480 e. The van der Waals surface area contributed by atoms with Gasteiger partial charge < -0.3 is 14.8 Å². The molecule has 2 atom stereocenters. The van der Waals surface area contributed by atoms with Crippen LogP contribution in [0.15, 0.2) is 29.4 Å². The summed E-state index contributed by atoms with van der Waals surface area (Å²) in [5.41, 5.74) is 1.00. The number of aliphatic carboxylic acids is 1. The lowest BCUT2D eigenvalue weighted by Crippen LogP contribution is -2.45. The van der Waals surface area contributed by atoms with E-state index in [1.165, 1.54) is 26.1 Å². The van der Waals surface area contributed by atoms with Gasteiger partial charge in [-0.25, -0.2) is 9.18 Å². The molecule has 7 heteroatoms. The van der Waals surface area contributed by atoms with Gasteiger partial charge in [0.05, 0.1) is 5.71 Å². The van der Waals surface area contributed by atoms with Gasteiger partial charge >= 0.3 is 5.97 Å². The summed E-state index contributed by atoms with van der Waals surface area (Å²) in [5, 5.41) is 12.7. The Morgan fingerprint density at radius 3 is 2.86 bits per heavy atom. The number of benzene rings is 1. The van der Waals surface area contributed by atoms with Gasteiger partial charge in [-0.2, -0.15) is 0 Å². The van der Waals surface area contributed by atoms with Crippen molar-refractivity contribution in [2.24, 2.45) is 5.16 Å². The number of carbonyl (C=O) groups excluding carboxylic acids is 1. The van der Waals surface area contributed by atoms with Crippen LogP contribution in [0.4, 0.5) is 4.39 Å². The van der Waals surface area contributed by atoms with Gasteiger partial charge in [0.15, 0.2) is 0 Å². The van der Waals surface area contributed by atoms with E-state index >= 15 is 0 Å². The van der Waals surface area contributed by atoms with Crippen molar-refractivity contribution in [2.45, 2.75) is 25.5 Å². The van der Waals surface area contributed by atoms with E-state index in [1.54, 1.807) is 12.1 Å². The molecule has 1 N–H and O–H groups in total. The van der Waals surface area contributed by atoms with Crippen molar-refractivity contribution >= 4 is 17.6 Å². The van der Waals surface area contributed by atoms with E-state index < -0.39 is 29.8 Å². The number of amides is 1. The zero-order valence-corrected chi connectivity index (χ0v) is 11.6. The molecule has 6 nitrogen and oxygen atoms in total. The van der Waals surface area contributed by atoms with Crippen LogP contribution in [-0.4, -0.2) is 46.8 Å². The Balaban J connectivity index is 2.04. The Morgan fingerprint density at radius 2 is 2.24 bits per heavy atom. The summed E-state index contributed by atoms with van der Waals surface area (Å²) >= 11 is 0. The molecule has 0 aromatic heterocycles. The largest absolute Gasteiger partial charge is 0.480 e. The Hall–Kier alpha value is -2.44. The maximum absolute atomic E-state index is 13.2. The van der Waals surface area contributed by atoms with Crippen molar-refractivity contribution in [1.29, 1.82) is 0 Å². The van der Waals surface area contributed by atoms with Crippen LogP contribution in [0.5, 0.6) is 0 Å². The first-order valence-corrected chi connectivity index (χ1v) is 6.38. The highest BCUT2D eigenvalue weighted by Gasteiger charge is 2.34. The molecule has 21 heavy (non-hydrogen) atoms. The molecule has 2 unspecified atom stereocenters. The average Bonchev–Trinajstić information content (AvgIpc) is 2.94. The van der Waals surface area contributed by atoms with E-state index in [0.29, 0.717) is 11.3 Å². The fourth-order valence-corrected chi connectivity index (χ4v) is 1.93. The molecule has 0 saturated heterocycles. The smallest absolute Gasteiger partial charge is 0.326 e. The molecule has 1 heterocycles. The number of carbonyl (C=O) groups is 2. The van der Waals surface area contributed by atoms with E-state index in [9.17, 15) is 14.0 Å². The number of halogens is 1. The Bertz CT molecular complexity index is 602. The Morgan fingerprint density at radius 1 is 1.52 bits per heavy atom. The summed E-state index contributed by atoms with van der Waals surface area (Å²) in [6.45, 7) is 1.41. The molecule has 0 saturated carbocycles. The molecular formula is C14H15FN2O4. The summed E-state index contributed by atoms with van der Waals surface area (Å²) in [7, 11) is 1.39. The molecule has 1 amide bonds. The predicted octanol–water partition coefficient (Wildman–Crippen LogP) is 1.25. The van der Waals surface area contributed by atoms with Crippen LogP contribution in [-0.2, 0) is 14.4 Å². The minimum atomic E-state index is -1.10. The highest BCUT2D eigenvalue weighted by Crippen LogP contribution is 2.19. The van der Waals surface area contributed by atoms with Crippen LogP contribution in [0.2, 0.25) is 0 Å². The van der Waals surface area contributed by atoms with Crippen LogP contribution >= 0.6 is 0 Å². The molecule has 1 aliphatic heterocycles. The third kappa shape index (κ3) is 3.18. The van der Waals surface area contributed by atoms with Gasteiger partial charge in [0.1, 0.15) is 11.9 Å². The molecular weight excluding hydrogens is 279 g/mol. The van der Waals surface area contributed by atoms with E-state index in [2.05, 4.69) is 5.16 Å². The topological polar surface area (TPSA) is 79.2 Å². The number of likely N-dealkylation sites (N-methyl/N-ethyl adjacent to an activating group) is 1. The Kier molecular flexibility index (Phi) is 4.21. The molecule has 0 fully saturated rings. The summed E-state index contributed by atoms with van der Waals surface area (Å²) in [5.74, 6) is -1.98. The molecule has 2 rings (SSSR count). The second-order valence-corrected chi connectivity index (χ2v) is 4.81. The van der Waals surface area contributed by atoms with Gasteiger partial charge in [-0.1, -0.05) is 17.3 Å². The fraction of sp³-hybridized carbons (Fsp3) is 0.357. The van der Waals surface area contributed by atoms with Crippen LogP contribution in [0.25, 0.3) is 0 Å². The maximum Gasteiger partial charge on any atom is 0.326 e. The van der Waals surface area contributed by atoms with Crippen LogP contribution in [0.3, 0.4) is 0 Å². The SMILES string of the molecule is CC(C(=O)O)N(C)C(=O)C1CC(c2cccc(F)c2)=NO1. The third-order valence-corrected chi connectivity index (χ3v) is 3.39.